The summed E-state index contributed by atoms with van der Waals surface area (Å²) in [6.45, 7) is 4.03. The maximum atomic E-state index is 11.7. The number of nitrogens with zero attached hydrogens (tertiary/aromatic N) is 1. The van der Waals surface area contributed by atoms with E-state index < -0.39 is 0 Å². The van der Waals surface area contributed by atoms with Crippen molar-refractivity contribution in [3.8, 4) is 0 Å². The molecule has 0 spiro atoms. The minimum absolute atomic E-state index is 0.0869. The third-order valence-corrected chi connectivity index (χ3v) is 2.94. The van der Waals surface area contributed by atoms with Crippen molar-refractivity contribution < 1.29 is 9.53 Å². The molecule has 1 aromatic heterocycles. The van der Waals surface area contributed by atoms with Gasteiger partial charge in [-0.05, 0) is 37.0 Å². The first-order chi connectivity index (χ1) is 8.24. The van der Waals surface area contributed by atoms with Crippen LogP contribution in [0.25, 0.3) is 0 Å². The van der Waals surface area contributed by atoms with Crippen molar-refractivity contribution in [3.05, 3.63) is 29.6 Å². The Labute approximate surface area is 101 Å². The lowest BCUT2D eigenvalue weighted by Gasteiger charge is -2.08. The highest BCUT2D eigenvalue weighted by Gasteiger charge is 2.18. The van der Waals surface area contributed by atoms with Gasteiger partial charge in [-0.1, -0.05) is 0 Å². The summed E-state index contributed by atoms with van der Waals surface area (Å²) in [7, 11) is 0. The van der Waals surface area contributed by atoms with E-state index in [1.807, 2.05) is 19.1 Å². The van der Waals surface area contributed by atoms with Crippen LogP contribution in [0, 0.1) is 12.8 Å². The lowest BCUT2D eigenvalue weighted by Crippen LogP contribution is -2.25. The third-order valence-electron chi connectivity index (χ3n) is 2.94. The van der Waals surface area contributed by atoms with Gasteiger partial charge < -0.3 is 10.1 Å². The van der Waals surface area contributed by atoms with E-state index in [1.165, 1.54) is 0 Å². The fourth-order valence-corrected chi connectivity index (χ4v) is 1.96. The number of aryl methyl sites for hydroxylation is 1. The number of hydrogen-bond donors (Lipinski definition) is 1. The fraction of sp³-hybridized carbons (Fsp3) is 0.538. The molecule has 4 nitrogen and oxygen atoms in total. The lowest BCUT2D eigenvalue weighted by atomic mass is 10.1. The van der Waals surface area contributed by atoms with E-state index in [9.17, 15) is 4.79 Å². The first-order valence-electron chi connectivity index (χ1n) is 6.00. The highest BCUT2D eigenvalue weighted by atomic mass is 16.5. The monoisotopic (exact) mass is 234 g/mol. The summed E-state index contributed by atoms with van der Waals surface area (Å²) in [6.07, 6.45) is 3.32. The molecule has 0 saturated carbocycles. The van der Waals surface area contributed by atoms with Gasteiger partial charge in [0.15, 0.2) is 0 Å². The Bertz CT molecular complexity index is 387. The second-order valence-corrected chi connectivity index (χ2v) is 4.53. The van der Waals surface area contributed by atoms with Crippen LogP contribution in [-0.2, 0) is 16.1 Å². The molecule has 0 aliphatic carbocycles. The molecule has 0 radical (unpaired) electrons. The second-order valence-electron chi connectivity index (χ2n) is 4.53. The Kier molecular flexibility index (Phi) is 4.09. The van der Waals surface area contributed by atoms with Crippen LogP contribution in [0.1, 0.15) is 24.1 Å². The van der Waals surface area contributed by atoms with E-state index in [1.54, 1.807) is 6.20 Å². The number of pyridine rings is 1. The summed E-state index contributed by atoms with van der Waals surface area (Å²) < 4.78 is 5.24. The molecule has 1 aliphatic heterocycles. The molecule has 1 aliphatic rings. The Morgan fingerprint density at radius 3 is 3.24 bits per heavy atom. The van der Waals surface area contributed by atoms with Gasteiger partial charge in [0.05, 0.1) is 12.2 Å². The molecule has 2 rings (SSSR count). The summed E-state index contributed by atoms with van der Waals surface area (Å²) in [4.78, 5) is 15.9. The molecular weight excluding hydrogens is 216 g/mol. The molecule has 1 amide bonds. The minimum atomic E-state index is 0.0869. The summed E-state index contributed by atoms with van der Waals surface area (Å²) in [5.74, 6) is 0.476. The predicted molar refractivity (Wildman–Crippen MR) is 64.4 cm³/mol. The number of ether oxygens (including phenoxy) is 1. The van der Waals surface area contributed by atoms with Gasteiger partial charge >= 0.3 is 0 Å². The maximum Gasteiger partial charge on any atom is 0.220 e. The zero-order valence-corrected chi connectivity index (χ0v) is 10.1. The molecule has 4 heteroatoms. The molecule has 1 N–H and O–H groups in total. The van der Waals surface area contributed by atoms with Crippen molar-refractivity contribution >= 4 is 5.91 Å². The van der Waals surface area contributed by atoms with Crippen molar-refractivity contribution in [1.82, 2.24) is 10.3 Å². The highest BCUT2D eigenvalue weighted by Crippen LogP contribution is 2.15. The zero-order chi connectivity index (χ0) is 12.1. The third kappa shape index (κ3) is 3.82. The SMILES string of the molecule is Cc1ccnc(CNC(=O)C[C@@H]2CCOC2)c1. The lowest BCUT2D eigenvalue weighted by molar-refractivity contribution is -0.122. The van der Waals surface area contributed by atoms with Gasteiger partial charge in [0.1, 0.15) is 0 Å². The standard InChI is InChI=1S/C13H18N2O2/c1-10-2-4-14-12(6-10)8-15-13(16)7-11-3-5-17-9-11/h2,4,6,11H,3,5,7-9H2,1H3,(H,15,16)/t11-/m0/s1. The smallest absolute Gasteiger partial charge is 0.220 e. The largest absolute Gasteiger partial charge is 0.381 e. The Morgan fingerprint density at radius 1 is 1.65 bits per heavy atom. The topological polar surface area (TPSA) is 51.2 Å². The molecule has 17 heavy (non-hydrogen) atoms. The van der Waals surface area contributed by atoms with Crippen LogP contribution >= 0.6 is 0 Å². The average Bonchev–Trinajstić information content (AvgIpc) is 2.79. The number of amides is 1. The van der Waals surface area contributed by atoms with Crippen molar-refractivity contribution in [2.24, 2.45) is 5.92 Å². The number of rotatable bonds is 4. The first kappa shape index (κ1) is 12.0. The average molecular weight is 234 g/mol. The molecular formula is C13H18N2O2. The van der Waals surface area contributed by atoms with Crippen LogP contribution in [0.4, 0.5) is 0 Å². The van der Waals surface area contributed by atoms with Gasteiger partial charge in [0.25, 0.3) is 0 Å². The summed E-state index contributed by atoms with van der Waals surface area (Å²) >= 11 is 0. The van der Waals surface area contributed by atoms with Gasteiger partial charge in [-0.2, -0.15) is 0 Å². The maximum absolute atomic E-state index is 11.7. The molecule has 1 atom stereocenters. The van der Waals surface area contributed by atoms with Crippen molar-refractivity contribution in [3.63, 3.8) is 0 Å². The fourth-order valence-electron chi connectivity index (χ4n) is 1.96. The number of hydrogen-bond acceptors (Lipinski definition) is 3. The molecule has 1 aromatic rings. The molecule has 2 heterocycles. The Hall–Kier alpha value is -1.42. The Morgan fingerprint density at radius 2 is 2.53 bits per heavy atom. The van der Waals surface area contributed by atoms with E-state index in [4.69, 9.17) is 4.74 Å². The summed E-state index contributed by atoms with van der Waals surface area (Å²) in [5, 5.41) is 2.90. The van der Waals surface area contributed by atoms with Crippen LogP contribution in [0.3, 0.4) is 0 Å². The number of carbonyl (C=O) groups is 1. The normalized spacial score (nSPS) is 19.2. The molecule has 0 bridgehead atoms. The Balaban J connectivity index is 1.75. The van der Waals surface area contributed by atoms with Crippen molar-refractivity contribution in [2.45, 2.75) is 26.3 Å². The van der Waals surface area contributed by atoms with E-state index in [2.05, 4.69) is 10.3 Å². The predicted octanol–water partition coefficient (Wildman–Crippen LogP) is 1.43. The van der Waals surface area contributed by atoms with E-state index in [0.29, 0.717) is 18.9 Å². The van der Waals surface area contributed by atoms with Crippen LogP contribution in [0.15, 0.2) is 18.3 Å². The van der Waals surface area contributed by atoms with Crippen molar-refractivity contribution in [1.29, 1.82) is 0 Å². The molecule has 1 saturated heterocycles. The van der Waals surface area contributed by atoms with Crippen LogP contribution in [0.5, 0.6) is 0 Å². The quantitative estimate of drug-likeness (QED) is 0.857. The molecule has 1 fully saturated rings. The minimum Gasteiger partial charge on any atom is -0.381 e. The summed E-state index contributed by atoms with van der Waals surface area (Å²) in [6, 6.07) is 3.93. The zero-order valence-electron chi connectivity index (χ0n) is 10.1. The molecule has 0 unspecified atom stereocenters. The highest BCUT2D eigenvalue weighted by molar-refractivity contribution is 5.76. The van der Waals surface area contributed by atoms with Crippen molar-refractivity contribution in [2.75, 3.05) is 13.2 Å². The number of carbonyl (C=O) groups excluding carboxylic acids is 1. The van der Waals surface area contributed by atoms with Gasteiger partial charge in [0.2, 0.25) is 5.91 Å². The van der Waals surface area contributed by atoms with Crippen LogP contribution < -0.4 is 5.32 Å². The van der Waals surface area contributed by atoms with Crippen LogP contribution in [-0.4, -0.2) is 24.1 Å². The first-order valence-corrected chi connectivity index (χ1v) is 6.00. The van der Waals surface area contributed by atoms with Gasteiger partial charge in [-0.15, -0.1) is 0 Å². The van der Waals surface area contributed by atoms with E-state index in [-0.39, 0.29) is 5.91 Å². The van der Waals surface area contributed by atoms with Gasteiger partial charge in [-0.25, -0.2) is 0 Å². The number of aromatic nitrogens is 1. The molecule has 92 valence electrons. The number of nitrogens with one attached hydrogen (secondary N) is 1. The second kappa shape index (κ2) is 5.77. The van der Waals surface area contributed by atoms with E-state index in [0.717, 1.165) is 30.9 Å². The van der Waals surface area contributed by atoms with E-state index >= 15 is 0 Å². The van der Waals surface area contributed by atoms with Gasteiger partial charge in [-0.3, -0.25) is 9.78 Å². The van der Waals surface area contributed by atoms with Gasteiger partial charge in [0, 0.05) is 25.8 Å². The van der Waals surface area contributed by atoms with Crippen LogP contribution in [0.2, 0.25) is 0 Å². The molecule has 0 aromatic carbocycles. The summed E-state index contributed by atoms with van der Waals surface area (Å²) in [5.41, 5.74) is 2.06.